The van der Waals surface area contributed by atoms with Crippen molar-refractivity contribution in [2.24, 2.45) is 0 Å². The van der Waals surface area contributed by atoms with E-state index >= 15 is 0 Å². The number of hydrogen-bond donors (Lipinski definition) is 0. The largest absolute Gasteiger partial charge is 0.102 e. The number of benzene rings is 9. The third-order valence-electron chi connectivity index (χ3n) is 10.8. The van der Waals surface area contributed by atoms with Crippen molar-refractivity contribution < 1.29 is 22.1 Å². The van der Waals surface area contributed by atoms with Gasteiger partial charge in [0.2, 0.25) is 0 Å². The van der Waals surface area contributed by atoms with Gasteiger partial charge in [0.25, 0.3) is 0 Å². The first kappa shape index (κ1) is 51.5. The minimum Gasteiger partial charge on any atom is -0.0620 e. The van der Waals surface area contributed by atoms with Gasteiger partial charge < -0.3 is 4.79 Å². The molecule has 0 saturated heterocycles. The van der Waals surface area contributed by atoms with Crippen LogP contribution in [-0.2, 0) is 22.1 Å². The van der Waals surface area contributed by atoms with Crippen molar-refractivity contribution in [2.45, 2.75) is 7.43 Å². The third kappa shape index (κ3) is 13.4. The molecule has 64 heavy (non-hydrogen) atoms. The van der Waals surface area contributed by atoms with Gasteiger partial charge in [-0.3, -0.25) is 6.79 Å². The average Bonchev–Trinajstić information content (AvgIpc) is 3.40. The molecule has 0 amide bonds. The summed E-state index contributed by atoms with van der Waals surface area (Å²) in [5.74, 6) is 0. The van der Waals surface area contributed by atoms with Crippen molar-refractivity contribution in [1.82, 2.24) is 0 Å². The molecule has 0 aromatic heterocycles. The molecule has 0 aliphatic heterocycles. The van der Waals surface area contributed by atoms with Gasteiger partial charge >= 0.3 is 27.0 Å². The van der Waals surface area contributed by atoms with Gasteiger partial charge in [-0.1, -0.05) is 171 Å². The molecule has 0 fully saturated rings. The predicted octanol–water partition coefficient (Wildman–Crippen LogP) is 11.4. The molecule has 9 aromatic carbocycles. The Balaban J connectivity index is 0.000000201. The summed E-state index contributed by atoms with van der Waals surface area (Å²) in [6, 6.07) is 97.8. The molecule has 0 aliphatic carbocycles. The summed E-state index contributed by atoms with van der Waals surface area (Å²) < 4.78 is 0. The zero-order valence-electron chi connectivity index (χ0n) is 35.6. The molecule has 0 bridgehead atoms. The molecule has 0 radical (unpaired) electrons. The van der Waals surface area contributed by atoms with Gasteiger partial charge in [0, 0.05) is 0 Å². The Labute approximate surface area is 399 Å². The van der Waals surface area contributed by atoms with Gasteiger partial charge in [0.15, 0.2) is 0 Å². The number of rotatable bonds is 9. The molecule has 0 heterocycles. The quantitative estimate of drug-likeness (QED) is 0.0610. The van der Waals surface area contributed by atoms with Crippen LogP contribution < -0.4 is 47.7 Å². The zero-order valence-corrected chi connectivity index (χ0v) is 40.9. The first-order chi connectivity index (χ1) is 31.1. The van der Waals surface area contributed by atoms with Crippen molar-refractivity contribution in [2.75, 3.05) is 13.3 Å². The Hall–Kier alpha value is -5.15. The van der Waals surface area contributed by atoms with Crippen LogP contribution in [0.15, 0.2) is 273 Å². The molecule has 0 spiro atoms. The SMILES string of the molecule is C.C[P+](c1ccccc1)(c1ccccc1)c1ccccc1.C[P+](c1ccccc1)(c1ccccc1)c1ccccc1.[CH-]=O.[Cl][Ru+].c1ccc([PH+](c2ccccc2)c2ccccc2)cc1. The summed E-state index contributed by atoms with van der Waals surface area (Å²) in [4.78, 5) is 7.75. The standard InChI is InChI=1S/2C19H18P.C18H15P.CHO.CH4.ClH.Ru/c2*1-20(17-11-5-2-6-12-17,18-13-7-3-8-14-18)19-15-9-4-10-16-19;1-4-10-16(11-5-1)19(17-12-6-2-7-13-17)18-14-8-3-9-15-18;1-2;;;/h2*2-16H,1H3;1-15H;1H;1H4;1H;/q2*+1;;-1;;;+2. The molecule has 1 nitrogen and oxygen atoms in total. The van der Waals surface area contributed by atoms with Crippen LogP contribution in [0.25, 0.3) is 0 Å². The van der Waals surface area contributed by atoms with Gasteiger partial charge in [-0.05, 0) is 109 Å². The summed E-state index contributed by atoms with van der Waals surface area (Å²) >= 11 is 1.82. The van der Waals surface area contributed by atoms with E-state index in [1.165, 1.54) is 47.7 Å². The van der Waals surface area contributed by atoms with Crippen LogP contribution >= 0.6 is 32.1 Å². The maximum absolute atomic E-state index is 7.75. The van der Waals surface area contributed by atoms with Crippen LogP contribution in [0.2, 0.25) is 0 Å². The number of halogens is 1. The second kappa shape index (κ2) is 27.9. The number of hydrogen-bond acceptors (Lipinski definition) is 1. The van der Waals surface area contributed by atoms with Gasteiger partial charge in [-0.25, -0.2) is 0 Å². The molecule has 0 unspecified atom stereocenters. The Bertz CT molecular complexity index is 2150. The van der Waals surface area contributed by atoms with E-state index < -0.39 is 22.4 Å². The van der Waals surface area contributed by atoms with Crippen LogP contribution in [0.4, 0.5) is 0 Å². The van der Waals surface area contributed by atoms with Crippen LogP contribution in [0, 0.1) is 0 Å². The first-order valence-electron chi connectivity index (χ1n) is 20.6. The molecule has 6 heteroatoms. The summed E-state index contributed by atoms with van der Waals surface area (Å²) in [6.07, 6.45) is 0. The molecule has 322 valence electrons. The van der Waals surface area contributed by atoms with Crippen LogP contribution in [0.1, 0.15) is 7.43 Å². The Morgan fingerprint density at radius 1 is 0.297 bits per heavy atom. The van der Waals surface area contributed by atoms with Gasteiger partial charge in [-0.15, -0.1) is 0 Å². The molecular formula is C58H57ClOP3Ru+3. The van der Waals surface area contributed by atoms with E-state index in [0.717, 1.165) is 0 Å². The van der Waals surface area contributed by atoms with Gasteiger partial charge in [-0.2, -0.15) is 0 Å². The van der Waals surface area contributed by atoms with E-state index in [4.69, 9.17) is 4.79 Å². The predicted molar refractivity (Wildman–Crippen MR) is 288 cm³/mol. The first-order valence-corrected chi connectivity index (χ1v) is 28.8. The van der Waals surface area contributed by atoms with Crippen molar-refractivity contribution in [3.8, 4) is 0 Å². The van der Waals surface area contributed by atoms with E-state index in [1.54, 1.807) is 0 Å². The average molecular weight is 1000 g/mol. The molecule has 0 aliphatic rings. The molecule has 0 saturated carbocycles. The van der Waals surface area contributed by atoms with Crippen LogP contribution in [0.3, 0.4) is 0 Å². The van der Waals surface area contributed by atoms with E-state index in [0.29, 0.717) is 0 Å². The van der Waals surface area contributed by atoms with Gasteiger partial charge in [0.05, 0.1) is 21.3 Å². The fourth-order valence-corrected chi connectivity index (χ4v) is 16.5. The van der Waals surface area contributed by atoms with Crippen LogP contribution in [0.5, 0.6) is 0 Å². The minimum absolute atomic E-state index is 0. The Kier molecular flexibility index (Phi) is 22.5. The molecular weight excluding hydrogens is 942 g/mol. The van der Waals surface area contributed by atoms with E-state index in [1.807, 2.05) is 17.3 Å². The second-order valence-electron chi connectivity index (χ2n) is 14.5. The third-order valence-corrected chi connectivity index (χ3v) is 21.5. The maximum Gasteiger partial charge on any atom is 0.102 e. The molecule has 9 rings (SSSR count). The fraction of sp³-hybridized carbons (Fsp3) is 0.0517. The van der Waals surface area contributed by atoms with Gasteiger partial charge in [0.1, 0.15) is 62.3 Å². The van der Waals surface area contributed by atoms with Crippen LogP contribution in [-0.4, -0.2) is 20.1 Å². The number of carbonyl (C=O) groups excluding carboxylic acids is 1. The summed E-state index contributed by atoms with van der Waals surface area (Å²) in [5.41, 5.74) is 0. The molecule has 0 N–H and O–H groups in total. The fourth-order valence-electron chi connectivity index (χ4n) is 7.57. The monoisotopic (exact) mass is 999 g/mol. The summed E-state index contributed by atoms with van der Waals surface area (Å²) in [6.45, 7) is 8.07. The summed E-state index contributed by atoms with van der Waals surface area (Å²) in [5, 5.41) is 12.9. The van der Waals surface area contributed by atoms with Crippen molar-refractivity contribution >= 4 is 86.7 Å². The maximum atomic E-state index is 7.75. The molecule has 0 atom stereocenters. The van der Waals surface area contributed by atoms with Crippen molar-refractivity contribution in [3.63, 3.8) is 0 Å². The Morgan fingerprint density at radius 3 is 0.562 bits per heavy atom. The Morgan fingerprint density at radius 2 is 0.422 bits per heavy atom. The molecule has 9 aromatic rings. The minimum atomic E-state index is -1.53. The van der Waals surface area contributed by atoms with E-state index in [-0.39, 0.29) is 7.43 Å². The topological polar surface area (TPSA) is 17.1 Å². The normalized spacial score (nSPS) is 10.3. The zero-order chi connectivity index (χ0) is 44.6. The van der Waals surface area contributed by atoms with E-state index in [2.05, 4.69) is 303 Å². The summed E-state index contributed by atoms with van der Waals surface area (Å²) in [7, 11) is 0.639. The van der Waals surface area contributed by atoms with Crippen molar-refractivity contribution in [3.05, 3.63) is 273 Å². The second-order valence-corrected chi connectivity index (χ2v) is 24.1. The smallest absolute Gasteiger partial charge is 0.0620 e. The van der Waals surface area contributed by atoms with E-state index in [9.17, 15) is 0 Å². The van der Waals surface area contributed by atoms with Crippen molar-refractivity contribution in [1.29, 1.82) is 0 Å².